The molecule has 1 aromatic rings. The highest BCUT2D eigenvalue weighted by Crippen LogP contribution is 2.18. The van der Waals surface area contributed by atoms with E-state index in [-0.39, 0.29) is 11.8 Å². The molecule has 0 aliphatic carbocycles. The van der Waals surface area contributed by atoms with Crippen molar-refractivity contribution >= 4 is 23.2 Å². The van der Waals surface area contributed by atoms with Crippen LogP contribution in [0.25, 0.3) is 0 Å². The van der Waals surface area contributed by atoms with Gasteiger partial charge in [0.1, 0.15) is 6.04 Å². The number of carboxylic acid groups (broad SMARTS) is 1. The highest BCUT2D eigenvalue weighted by Gasteiger charge is 2.23. The Kier molecular flexibility index (Phi) is 5.98. The molecule has 106 valence electrons. The second kappa shape index (κ2) is 7.25. The van der Waals surface area contributed by atoms with Gasteiger partial charge in [-0.1, -0.05) is 13.8 Å². The Morgan fingerprint density at radius 2 is 2.16 bits per heavy atom. The number of carbonyl (C=O) groups is 2. The Hall–Kier alpha value is -1.40. The summed E-state index contributed by atoms with van der Waals surface area (Å²) < 4.78 is 5.00. The summed E-state index contributed by atoms with van der Waals surface area (Å²) in [5.74, 6) is -1.16. The van der Waals surface area contributed by atoms with E-state index in [4.69, 9.17) is 9.84 Å². The molecule has 2 N–H and O–H groups in total. The van der Waals surface area contributed by atoms with E-state index in [1.165, 1.54) is 11.3 Å². The van der Waals surface area contributed by atoms with Gasteiger partial charge in [0.2, 0.25) is 0 Å². The Labute approximate surface area is 116 Å². The van der Waals surface area contributed by atoms with Gasteiger partial charge in [-0.2, -0.15) is 0 Å². The number of aliphatic carboxylic acids is 1. The van der Waals surface area contributed by atoms with Crippen molar-refractivity contribution in [1.29, 1.82) is 0 Å². The molecule has 1 unspecified atom stereocenters. The summed E-state index contributed by atoms with van der Waals surface area (Å²) >= 11 is 1.29. The molecule has 5 nitrogen and oxygen atoms in total. The lowest BCUT2D eigenvalue weighted by Gasteiger charge is -2.16. The van der Waals surface area contributed by atoms with Crippen LogP contribution >= 0.6 is 11.3 Å². The number of carbonyl (C=O) groups excluding carboxylic acids is 1. The first-order chi connectivity index (χ1) is 8.95. The summed E-state index contributed by atoms with van der Waals surface area (Å²) in [6.07, 6.45) is 0.409. The number of ether oxygens (including phenoxy) is 1. The fraction of sp³-hybridized carbons (Fsp3) is 0.538. The van der Waals surface area contributed by atoms with Crippen LogP contribution in [0.3, 0.4) is 0 Å². The largest absolute Gasteiger partial charge is 0.480 e. The molecule has 1 rings (SSSR count). The molecule has 1 atom stereocenters. The van der Waals surface area contributed by atoms with E-state index in [1.54, 1.807) is 18.6 Å². The van der Waals surface area contributed by atoms with E-state index in [2.05, 4.69) is 5.32 Å². The number of thiophene rings is 1. The average molecular weight is 285 g/mol. The molecular weight excluding hydrogens is 266 g/mol. The summed E-state index contributed by atoms with van der Waals surface area (Å²) in [6, 6.07) is 0.950. The number of nitrogens with one attached hydrogen (secondary N) is 1. The topological polar surface area (TPSA) is 75.6 Å². The molecule has 0 radical (unpaired) electrons. The van der Waals surface area contributed by atoms with Crippen LogP contribution in [0.1, 0.15) is 35.5 Å². The van der Waals surface area contributed by atoms with Crippen molar-refractivity contribution in [2.45, 2.75) is 32.9 Å². The minimum Gasteiger partial charge on any atom is -0.480 e. The van der Waals surface area contributed by atoms with Gasteiger partial charge in [-0.05, 0) is 23.8 Å². The smallest absolute Gasteiger partial charge is 0.326 e. The maximum absolute atomic E-state index is 12.1. The van der Waals surface area contributed by atoms with Crippen LogP contribution in [0.2, 0.25) is 0 Å². The molecule has 0 saturated carbocycles. The molecule has 19 heavy (non-hydrogen) atoms. The third-order valence-corrected chi connectivity index (χ3v) is 3.52. The third-order valence-electron chi connectivity index (χ3n) is 2.56. The van der Waals surface area contributed by atoms with Gasteiger partial charge in [-0.3, -0.25) is 4.79 Å². The first kappa shape index (κ1) is 15.7. The minimum atomic E-state index is -1.01. The van der Waals surface area contributed by atoms with E-state index in [0.717, 1.165) is 5.56 Å². The number of amides is 1. The fourth-order valence-electron chi connectivity index (χ4n) is 1.72. The van der Waals surface area contributed by atoms with E-state index in [1.807, 2.05) is 13.8 Å². The molecule has 1 heterocycles. The Morgan fingerprint density at radius 1 is 1.47 bits per heavy atom. The molecular formula is C13H19NO4S. The zero-order valence-corrected chi connectivity index (χ0v) is 12.1. The number of hydrogen-bond donors (Lipinski definition) is 2. The van der Waals surface area contributed by atoms with Crippen LogP contribution in [-0.4, -0.2) is 30.1 Å². The summed E-state index contributed by atoms with van der Waals surface area (Å²) in [4.78, 5) is 23.7. The zero-order chi connectivity index (χ0) is 14.4. The molecule has 0 saturated heterocycles. The predicted molar refractivity (Wildman–Crippen MR) is 73.4 cm³/mol. The van der Waals surface area contributed by atoms with Crippen LogP contribution in [-0.2, 0) is 16.1 Å². The second-order valence-electron chi connectivity index (χ2n) is 4.70. The van der Waals surface area contributed by atoms with Crippen molar-refractivity contribution in [3.63, 3.8) is 0 Å². The second-order valence-corrected chi connectivity index (χ2v) is 5.62. The van der Waals surface area contributed by atoms with Crippen LogP contribution in [0.4, 0.5) is 0 Å². The maximum atomic E-state index is 12.1. The summed E-state index contributed by atoms with van der Waals surface area (Å²) in [6.45, 7) is 4.18. The van der Waals surface area contributed by atoms with Gasteiger partial charge < -0.3 is 15.2 Å². The molecule has 0 bridgehead atoms. The van der Waals surface area contributed by atoms with Crippen molar-refractivity contribution in [2.24, 2.45) is 5.92 Å². The van der Waals surface area contributed by atoms with Gasteiger partial charge in [-0.15, -0.1) is 11.3 Å². The molecule has 0 spiro atoms. The third kappa shape index (κ3) is 4.65. The maximum Gasteiger partial charge on any atom is 0.326 e. The van der Waals surface area contributed by atoms with E-state index in [0.29, 0.717) is 17.9 Å². The monoisotopic (exact) mass is 285 g/mol. The zero-order valence-electron chi connectivity index (χ0n) is 11.3. The van der Waals surface area contributed by atoms with Gasteiger partial charge in [-0.25, -0.2) is 4.79 Å². The fourth-order valence-corrected chi connectivity index (χ4v) is 2.53. The SMILES string of the molecule is COCc1ccsc1C(=O)NC(CC(C)C)C(=O)O. The predicted octanol–water partition coefficient (Wildman–Crippen LogP) is 2.12. The van der Waals surface area contributed by atoms with Crippen LogP contribution in [0.15, 0.2) is 11.4 Å². The number of carboxylic acids is 1. The van der Waals surface area contributed by atoms with Gasteiger partial charge >= 0.3 is 5.97 Å². The average Bonchev–Trinajstić information content (AvgIpc) is 2.76. The van der Waals surface area contributed by atoms with E-state index < -0.39 is 12.0 Å². The van der Waals surface area contributed by atoms with Crippen LogP contribution in [0, 0.1) is 5.92 Å². The Morgan fingerprint density at radius 3 is 2.68 bits per heavy atom. The lowest BCUT2D eigenvalue weighted by molar-refractivity contribution is -0.139. The van der Waals surface area contributed by atoms with E-state index >= 15 is 0 Å². The van der Waals surface area contributed by atoms with Crippen molar-refractivity contribution in [2.75, 3.05) is 7.11 Å². The van der Waals surface area contributed by atoms with Crippen LogP contribution in [0.5, 0.6) is 0 Å². The molecule has 0 fully saturated rings. The summed E-state index contributed by atoms with van der Waals surface area (Å²) in [7, 11) is 1.55. The first-order valence-electron chi connectivity index (χ1n) is 6.04. The Bertz CT molecular complexity index is 442. The summed E-state index contributed by atoms with van der Waals surface area (Å²) in [5, 5.41) is 13.5. The first-order valence-corrected chi connectivity index (χ1v) is 6.92. The van der Waals surface area contributed by atoms with Crippen molar-refractivity contribution < 1.29 is 19.4 Å². The molecule has 0 aliphatic rings. The molecule has 0 aromatic carbocycles. The number of hydrogen-bond acceptors (Lipinski definition) is 4. The number of rotatable bonds is 7. The van der Waals surface area contributed by atoms with Crippen molar-refractivity contribution in [1.82, 2.24) is 5.32 Å². The van der Waals surface area contributed by atoms with Gasteiger partial charge in [0.25, 0.3) is 5.91 Å². The quantitative estimate of drug-likeness (QED) is 0.804. The highest BCUT2D eigenvalue weighted by molar-refractivity contribution is 7.12. The van der Waals surface area contributed by atoms with Gasteiger partial charge in [0.05, 0.1) is 11.5 Å². The highest BCUT2D eigenvalue weighted by atomic mass is 32.1. The molecule has 1 amide bonds. The number of methoxy groups -OCH3 is 1. The standard InChI is InChI=1S/C13H19NO4S/c1-8(2)6-10(13(16)17)14-12(15)11-9(7-18-3)4-5-19-11/h4-5,8,10H,6-7H2,1-3H3,(H,14,15)(H,16,17). The van der Waals surface area contributed by atoms with E-state index in [9.17, 15) is 9.59 Å². The van der Waals surface area contributed by atoms with Crippen molar-refractivity contribution in [3.8, 4) is 0 Å². The van der Waals surface area contributed by atoms with Crippen LogP contribution < -0.4 is 5.32 Å². The van der Waals surface area contributed by atoms with Gasteiger partial charge in [0, 0.05) is 12.7 Å². The van der Waals surface area contributed by atoms with Crippen molar-refractivity contribution in [3.05, 3.63) is 21.9 Å². The summed E-state index contributed by atoms with van der Waals surface area (Å²) in [5.41, 5.74) is 0.777. The van der Waals surface area contributed by atoms with Gasteiger partial charge in [0.15, 0.2) is 0 Å². The molecule has 6 heteroatoms. The minimum absolute atomic E-state index is 0.197. The lowest BCUT2D eigenvalue weighted by atomic mass is 10.0. The molecule has 0 aliphatic heterocycles. The molecule has 1 aromatic heterocycles. The Balaban J connectivity index is 2.76. The normalized spacial score (nSPS) is 12.4. The lowest BCUT2D eigenvalue weighted by Crippen LogP contribution is -2.41.